The fraction of sp³-hybridized carbons (Fsp3) is 0.500. The third-order valence-electron chi connectivity index (χ3n) is 2.43. The van der Waals surface area contributed by atoms with Gasteiger partial charge in [0, 0.05) is 6.54 Å². The second-order valence-electron chi connectivity index (χ2n) is 5.18. The highest BCUT2D eigenvalue weighted by Crippen LogP contribution is 2.20. The summed E-state index contributed by atoms with van der Waals surface area (Å²) < 4.78 is 10.2. The van der Waals surface area contributed by atoms with Crippen LogP contribution in [0.2, 0.25) is 0 Å². The van der Waals surface area contributed by atoms with Crippen molar-refractivity contribution in [3.05, 3.63) is 23.8 Å². The van der Waals surface area contributed by atoms with Crippen LogP contribution in [0.4, 0.5) is 11.4 Å². The lowest BCUT2D eigenvalue weighted by molar-refractivity contribution is 0.00333. The molecule has 0 fully saturated rings. The van der Waals surface area contributed by atoms with E-state index in [1.54, 1.807) is 18.2 Å². The topological polar surface area (TPSA) is 73.6 Å². The number of esters is 1. The van der Waals surface area contributed by atoms with Crippen LogP contribution in [0.1, 0.15) is 31.1 Å². The molecule has 106 valence electrons. The Hall–Kier alpha value is -1.75. The number of nitrogen functional groups attached to an aromatic ring is 1. The van der Waals surface area contributed by atoms with Gasteiger partial charge in [0.2, 0.25) is 0 Å². The molecule has 0 spiro atoms. The first kappa shape index (κ1) is 15.3. The van der Waals surface area contributed by atoms with Gasteiger partial charge in [-0.3, -0.25) is 0 Å². The number of ether oxygens (including phenoxy) is 2. The van der Waals surface area contributed by atoms with Crippen LogP contribution in [0.3, 0.4) is 0 Å². The number of benzene rings is 1. The lowest BCUT2D eigenvalue weighted by Crippen LogP contribution is -2.23. The minimum Gasteiger partial charge on any atom is -0.465 e. The van der Waals surface area contributed by atoms with Gasteiger partial charge in [-0.15, -0.1) is 0 Å². The molecule has 0 aliphatic carbocycles. The quantitative estimate of drug-likeness (QED) is 0.486. The molecule has 0 radical (unpaired) electrons. The van der Waals surface area contributed by atoms with E-state index in [0.29, 0.717) is 24.4 Å². The summed E-state index contributed by atoms with van der Waals surface area (Å²) in [6, 6.07) is 5.03. The molecule has 0 unspecified atom stereocenters. The molecule has 0 saturated heterocycles. The van der Waals surface area contributed by atoms with E-state index in [0.717, 1.165) is 5.69 Å². The molecule has 0 bridgehead atoms. The molecule has 3 N–H and O–H groups in total. The van der Waals surface area contributed by atoms with Gasteiger partial charge in [-0.2, -0.15) is 0 Å². The summed E-state index contributed by atoms with van der Waals surface area (Å²) in [6.07, 6.45) is 0. The molecule has 5 heteroatoms. The molecule has 0 amide bonds. The molecular formula is C14H22N2O3. The number of hydrogen-bond acceptors (Lipinski definition) is 5. The summed E-state index contributed by atoms with van der Waals surface area (Å²) in [7, 11) is 1.34. The minimum atomic E-state index is -0.394. The van der Waals surface area contributed by atoms with Crippen molar-refractivity contribution in [3.63, 3.8) is 0 Å². The van der Waals surface area contributed by atoms with Gasteiger partial charge in [-0.05, 0) is 39.0 Å². The van der Waals surface area contributed by atoms with Crippen LogP contribution >= 0.6 is 0 Å². The number of hydrogen-bond donors (Lipinski definition) is 2. The van der Waals surface area contributed by atoms with Crippen molar-refractivity contribution in [3.8, 4) is 0 Å². The maximum Gasteiger partial charge on any atom is 0.337 e. The Bertz CT molecular complexity index is 439. The van der Waals surface area contributed by atoms with Crippen molar-refractivity contribution >= 4 is 17.3 Å². The predicted molar refractivity (Wildman–Crippen MR) is 76.4 cm³/mol. The van der Waals surface area contributed by atoms with Gasteiger partial charge < -0.3 is 20.5 Å². The molecule has 0 aliphatic rings. The van der Waals surface area contributed by atoms with Gasteiger partial charge in [0.05, 0.1) is 36.3 Å². The number of methoxy groups -OCH3 is 1. The fourth-order valence-corrected chi connectivity index (χ4v) is 1.51. The Morgan fingerprint density at radius 1 is 1.37 bits per heavy atom. The van der Waals surface area contributed by atoms with Gasteiger partial charge in [-0.25, -0.2) is 4.79 Å². The molecular weight excluding hydrogens is 244 g/mol. The van der Waals surface area contributed by atoms with Gasteiger partial charge in [0.1, 0.15) is 0 Å². The Labute approximate surface area is 114 Å². The minimum absolute atomic E-state index is 0.151. The van der Waals surface area contributed by atoms with Gasteiger partial charge in [0.15, 0.2) is 0 Å². The first-order chi connectivity index (χ1) is 8.83. The number of anilines is 2. The first-order valence-electron chi connectivity index (χ1n) is 6.19. The van der Waals surface area contributed by atoms with Crippen molar-refractivity contribution < 1.29 is 14.3 Å². The Morgan fingerprint density at radius 2 is 2.05 bits per heavy atom. The molecule has 1 aromatic carbocycles. The number of nitrogens with one attached hydrogen (secondary N) is 1. The van der Waals surface area contributed by atoms with Crippen LogP contribution in [0, 0.1) is 0 Å². The second-order valence-corrected chi connectivity index (χ2v) is 5.18. The van der Waals surface area contributed by atoms with E-state index in [-0.39, 0.29) is 5.60 Å². The normalized spacial score (nSPS) is 11.2. The van der Waals surface area contributed by atoms with Crippen LogP contribution in [0.15, 0.2) is 18.2 Å². The lowest BCUT2D eigenvalue weighted by Gasteiger charge is -2.20. The van der Waals surface area contributed by atoms with Crippen LogP contribution in [-0.4, -0.2) is 31.8 Å². The van der Waals surface area contributed by atoms with Crippen molar-refractivity contribution in [2.75, 3.05) is 31.3 Å². The zero-order valence-electron chi connectivity index (χ0n) is 11.9. The van der Waals surface area contributed by atoms with Crippen molar-refractivity contribution in [2.24, 2.45) is 0 Å². The Balaban J connectivity index is 2.54. The number of carbonyl (C=O) groups excluding carboxylic acids is 1. The third kappa shape index (κ3) is 5.18. The lowest BCUT2D eigenvalue weighted by atomic mass is 10.1. The maximum atomic E-state index is 11.3. The predicted octanol–water partition coefficient (Wildman–Crippen LogP) is 2.28. The zero-order chi connectivity index (χ0) is 14.5. The van der Waals surface area contributed by atoms with E-state index in [1.165, 1.54) is 7.11 Å². The van der Waals surface area contributed by atoms with E-state index in [2.05, 4.69) is 10.1 Å². The third-order valence-corrected chi connectivity index (χ3v) is 2.43. The second kappa shape index (κ2) is 6.43. The molecule has 19 heavy (non-hydrogen) atoms. The van der Waals surface area contributed by atoms with E-state index in [9.17, 15) is 4.79 Å². The van der Waals surface area contributed by atoms with Gasteiger partial charge in [-0.1, -0.05) is 0 Å². The van der Waals surface area contributed by atoms with Crippen molar-refractivity contribution in [1.82, 2.24) is 0 Å². The number of rotatable bonds is 5. The highest BCUT2D eigenvalue weighted by atomic mass is 16.5. The first-order valence-corrected chi connectivity index (χ1v) is 6.19. The zero-order valence-corrected chi connectivity index (χ0v) is 11.9. The Kier molecular flexibility index (Phi) is 5.18. The molecule has 0 aromatic heterocycles. The molecule has 1 rings (SSSR count). The number of carbonyl (C=O) groups is 1. The maximum absolute atomic E-state index is 11.3. The summed E-state index contributed by atoms with van der Waals surface area (Å²) >= 11 is 0. The number of nitrogens with two attached hydrogens (primary N) is 1. The summed E-state index contributed by atoms with van der Waals surface area (Å²) in [5.41, 5.74) is 7.46. The van der Waals surface area contributed by atoms with E-state index in [4.69, 9.17) is 10.5 Å². The summed E-state index contributed by atoms with van der Waals surface area (Å²) in [4.78, 5) is 11.3. The van der Waals surface area contributed by atoms with Crippen LogP contribution in [0.25, 0.3) is 0 Å². The average Bonchev–Trinajstić information content (AvgIpc) is 2.33. The largest absolute Gasteiger partial charge is 0.465 e. The molecule has 5 nitrogen and oxygen atoms in total. The standard InChI is InChI=1S/C14H22N2O3/c1-14(2,3)19-8-7-16-12-6-5-10(9-11(12)15)13(17)18-4/h5-6,9,16H,7-8,15H2,1-4H3. The van der Waals surface area contributed by atoms with Crippen LogP contribution < -0.4 is 11.1 Å². The molecule has 0 aliphatic heterocycles. The summed E-state index contributed by atoms with van der Waals surface area (Å²) in [6.45, 7) is 7.26. The SMILES string of the molecule is COC(=O)c1ccc(NCCOC(C)(C)C)c(N)c1. The van der Waals surface area contributed by atoms with Crippen molar-refractivity contribution in [1.29, 1.82) is 0 Å². The Morgan fingerprint density at radius 3 is 2.58 bits per heavy atom. The van der Waals surface area contributed by atoms with Gasteiger partial charge in [0.25, 0.3) is 0 Å². The molecule has 0 saturated carbocycles. The average molecular weight is 266 g/mol. The molecule has 1 aromatic rings. The summed E-state index contributed by atoms with van der Waals surface area (Å²) in [5, 5.41) is 3.17. The highest BCUT2D eigenvalue weighted by molar-refractivity contribution is 5.91. The summed E-state index contributed by atoms with van der Waals surface area (Å²) in [5.74, 6) is -0.394. The molecule has 0 heterocycles. The highest BCUT2D eigenvalue weighted by Gasteiger charge is 2.10. The van der Waals surface area contributed by atoms with Crippen LogP contribution in [0.5, 0.6) is 0 Å². The van der Waals surface area contributed by atoms with Gasteiger partial charge >= 0.3 is 5.97 Å². The smallest absolute Gasteiger partial charge is 0.337 e. The van der Waals surface area contributed by atoms with Crippen LogP contribution in [-0.2, 0) is 9.47 Å². The van der Waals surface area contributed by atoms with E-state index >= 15 is 0 Å². The van der Waals surface area contributed by atoms with E-state index in [1.807, 2.05) is 20.8 Å². The van der Waals surface area contributed by atoms with E-state index < -0.39 is 5.97 Å². The monoisotopic (exact) mass is 266 g/mol. The molecule has 0 atom stereocenters. The van der Waals surface area contributed by atoms with Crippen molar-refractivity contribution in [2.45, 2.75) is 26.4 Å². The fourth-order valence-electron chi connectivity index (χ4n) is 1.51.